The number of anilines is 2. The first-order valence-corrected chi connectivity index (χ1v) is 9.24. The molecule has 0 aliphatic heterocycles. The number of para-hydroxylation sites is 1. The van der Waals surface area contributed by atoms with Gasteiger partial charge in [0.2, 0.25) is 5.91 Å². The van der Waals surface area contributed by atoms with Crippen LogP contribution in [0.1, 0.15) is 35.0 Å². The van der Waals surface area contributed by atoms with E-state index in [1.54, 1.807) is 18.2 Å². The molecule has 0 bridgehead atoms. The second-order valence-corrected chi connectivity index (χ2v) is 6.83. The van der Waals surface area contributed by atoms with E-state index >= 15 is 0 Å². The van der Waals surface area contributed by atoms with Crippen molar-refractivity contribution in [2.75, 3.05) is 17.7 Å². The standard InChI is InChI=1S/C22H21N3O3/c1-13(26)23-19-11-10-14(12-20(19)28-2)24-22(27)21-15-6-3-4-8-17(15)25-18-9-5-7-16(18)21/h3-4,6,8,10-12H,5,7,9H2,1-2H3,(H,23,26)(H,24,27). The van der Waals surface area contributed by atoms with Gasteiger partial charge in [-0.2, -0.15) is 0 Å². The van der Waals surface area contributed by atoms with E-state index in [1.165, 1.54) is 14.0 Å². The minimum absolute atomic E-state index is 0.161. The Morgan fingerprint density at radius 1 is 1.07 bits per heavy atom. The zero-order valence-corrected chi connectivity index (χ0v) is 15.8. The molecule has 1 aliphatic carbocycles. The SMILES string of the molecule is COc1cc(NC(=O)c2c3c(nc4ccccc24)CCC3)ccc1NC(C)=O. The summed E-state index contributed by atoms with van der Waals surface area (Å²) in [5, 5.41) is 6.55. The van der Waals surface area contributed by atoms with Gasteiger partial charge in [-0.25, -0.2) is 0 Å². The van der Waals surface area contributed by atoms with Gasteiger partial charge in [0.05, 0.1) is 23.9 Å². The number of benzene rings is 2. The van der Waals surface area contributed by atoms with Gasteiger partial charge in [-0.1, -0.05) is 18.2 Å². The van der Waals surface area contributed by atoms with Crippen LogP contribution in [-0.4, -0.2) is 23.9 Å². The second-order valence-electron chi connectivity index (χ2n) is 6.83. The minimum atomic E-state index is -0.186. The number of carbonyl (C=O) groups excluding carboxylic acids is 2. The number of amides is 2. The van der Waals surface area contributed by atoms with Gasteiger partial charge < -0.3 is 15.4 Å². The predicted molar refractivity (Wildman–Crippen MR) is 109 cm³/mol. The number of methoxy groups -OCH3 is 1. The summed E-state index contributed by atoms with van der Waals surface area (Å²) in [4.78, 5) is 29.3. The Morgan fingerprint density at radius 2 is 1.89 bits per heavy atom. The molecule has 0 unspecified atom stereocenters. The molecule has 6 heteroatoms. The number of ether oxygens (including phenoxy) is 1. The van der Waals surface area contributed by atoms with Gasteiger partial charge in [0.25, 0.3) is 5.91 Å². The first kappa shape index (κ1) is 18.0. The molecular weight excluding hydrogens is 354 g/mol. The molecule has 1 heterocycles. The molecule has 3 aromatic rings. The molecule has 0 saturated carbocycles. The fourth-order valence-electron chi connectivity index (χ4n) is 3.73. The normalized spacial score (nSPS) is 12.5. The minimum Gasteiger partial charge on any atom is -0.494 e. The molecule has 0 radical (unpaired) electrons. The van der Waals surface area contributed by atoms with E-state index in [0.717, 1.165) is 41.4 Å². The van der Waals surface area contributed by atoms with Gasteiger partial charge in [-0.15, -0.1) is 0 Å². The average molecular weight is 375 g/mol. The highest BCUT2D eigenvalue weighted by molar-refractivity contribution is 6.14. The van der Waals surface area contributed by atoms with Crippen LogP contribution < -0.4 is 15.4 Å². The number of aromatic nitrogens is 1. The summed E-state index contributed by atoms with van der Waals surface area (Å²) in [7, 11) is 1.52. The Hall–Kier alpha value is -3.41. The van der Waals surface area contributed by atoms with Gasteiger partial charge in [0, 0.05) is 29.8 Å². The third-order valence-electron chi connectivity index (χ3n) is 4.92. The summed E-state index contributed by atoms with van der Waals surface area (Å²) in [6.45, 7) is 1.43. The van der Waals surface area contributed by atoms with Gasteiger partial charge in [-0.3, -0.25) is 14.6 Å². The highest BCUT2D eigenvalue weighted by Crippen LogP contribution is 2.32. The van der Waals surface area contributed by atoms with Crippen molar-refractivity contribution in [3.63, 3.8) is 0 Å². The van der Waals surface area contributed by atoms with E-state index in [0.29, 0.717) is 22.7 Å². The predicted octanol–water partition coefficient (Wildman–Crippen LogP) is 3.94. The van der Waals surface area contributed by atoms with Crippen molar-refractivity contribution in [1.29, 1.82) is 0 Å². The number of hydrogen-bond donors (Lipinski definition) is 2. The number of hydrogen-bond acceptors (Lipinski definition) is 4. The summed E-state index contributed by atoms with van der Waals surface area (Å²) in [5.41, 5.74) is 4.75. The lowest BCUT2D eigenvalue weighted by molar-refractivity contribution is -0.114. The van der Waals surface area contributed by atoms with Crippen molar-refractivity contribution in [1.82, 2.24) is 4.98 Å². The van der Waals surface area contributed by atoms with Gasteiger partial charge in [0.1, 0.15) is 5.75 Å². The Balaban J connectivity index is 1.71. The molecule has 0 spiro atoms. The summed E-state index contributed by atoms with van der Waals surface area (Å²) in [6, 6.07) is 12.9. The number of pyridine rings is 1. The van der Waals surface area contributed by atoms with Crippen LogP contribution in [0, 0.1) is 0 Å². The van der Waals surface area contributed by atoms with Crippen LogP contribution in [0.25, 0.3) is 10.9 Å². The molecule has 4 rings (SSSR count). The van der Waals surface area contributed by atoms with Crippen LogP contribution >= 0.6 is 0 Å². The molecule has 2 aromatic carbocycles. The first-order chi connectivity index (χ1) is 13.6. The first-order valence-electron chi connectivity index (χ1n) is 9.24. The largest absolute Gasteiger partial charge is 0.494 e. The van der Waals surface area contributed by atoms with Crippen molar-refractivity contribution in [2.45, 2.75) is 26.2 Å². The topological polar surface area (TPSA) is 80.3 Å². The lowest BCUT2D eigenvalue weighted by Crippen LogP contribution is -2.16. The van der Waals surface area contributed by atoms with Gasteiger partial charge >= 0.3 is 0 Å². The Morgan fingerprint density at radius 3 is 2.68 bits per heavy atom. The molecule has 0 atom stereocenters. The van der Waals surface area contributed by atoms with Crippen molar-refractivity contribution < 1.29 is 14.3 Å². The van der Waals surface area contributed by atoms with Crippen molar-refractivity contribution in [2.24, 2.45) is 0 Å². The zero-order chi connectivity index (χ0) is 19.7. The van der Waals surface area contributed by atoms with Crippen LogP contribution in [0.5, 0.6) is 5.75 Å². The zero-order valence-electron chi connectivity index (χ0n) is 15.8. The molecule has 142 valence electrons. The number of carbonyl (C=O) groups is 2. The quantitative estimate of drug-likeness (QED) is 0.724. The number of nitrogens with one attached hydrogen (secondary N) is 2. The Bertz CT molecular complexity index is 1090. The summed E-state index contributed by atoms with van der Waals surface area (Å²) < 4.78 is 5.34. The summed E-state index contributed by atoms with van der Waals surface area (Å²) >= 11 is 0. The average Bonchev–Trinajstić information content (AvgIpc) is 3.14. The third kappa shape index (κ3) is 3.29. The van der Waals surface area contributed by atoms with Crippen LogP contribution in [0.4, 0.5) is 11.4 Å². The molecule has 1 aliphatic rings. The van der Waals surface area contributed by atoms with Crippen molar-refractivity contribution >= 4 is 34.1 Å². The fraction of sp³-hybridized carbons (Fsp3) is 0.227. The molecule has 0 saturated heterocycles. The maximum Gasteiger partial charge on any atom is 0.256 e. The number of nitrogens with zero attached hydrogens (tertiary/aromatic N) is 1. The monoisotopic (exact) mass is 375 g/mol. The van der Waals surface area contributed by atoms with E-state index in [4.69, 9.17) is 9.72 Å². The summed E-state index contributed by atoms with van der Waals surface area (Å²) in [6.07, 6.45) is 2.78. The lowest BCUT2D eigenvalue weighted by Gasteiger charge is -2.14. The lowest BCUT2D eigenvalue weighted by atomic mass is 10.0. The number of fused-ring (bicyclic) bond motifs is 2. The summed E-state index contributed by atoms with van der Waals surface area (Å²) in [5.74, 6) is 0.137. The Kier molecular flexibility index (Phi) is 4.69. The molecule has 1 aromatic heterocycles. The smallest absolute Gasteiger partial charge is 0.256 e. The second kappa shape index (κ2) is 7.31. The highest BCUT2D eigenvalue weighted by atomic mass is 16.5. The number of rotatable bonds is 4. The highest BCUT2D eigenvalue weighted by Gasteiger charge is 2.24. The molecule has 0 fully saturated rings. The maximum atomic E-state index is 13.2. The molecule has 6 nitrogen and oxygen atoms in total. The number of aryl methyl sites for hydroxylation is 1. The van der Waals surface area contributed by atoms with Crippen molar-refractivity contribution in [3.05, 3.63) is 59.3 Å². The Labute approximate surface area is 162 Å². The third-order valence-corrected chi connectivity index (χ3v) is 4.92. The fourth-order valence-corrected chi connectivity index (χ4v) is 3.73. The van der Waals surface area contributed by atoms with E-state index in [1.807, 2.05) is 24.3 Å². The van der Waals surface area contributed by atoms with E-state index in [9.17, 15) is 9.59 Å². The van der Waals surface area contributed by atoms with Gasteiger partial charge in [-0.05, 0) is 43.0 Å². The van der Waals surface area contributed by atoms with E-state index < -0.39 is 0 Å². The molecule has 2 amide bonds. The van der Waals surface area contributed by atoms with E-state index in [2.05, 4.69) is 10.6 Å². The van der Waals surface area contributed by atoms with Gasteiger partial charge in [0.15, 0.2) is 0 Å². The van der Waals surface area contributed by atoms with Crippen molar-refractivity contribution in [3.8, 4) is 5.75 Å². The van der Waals surface area contributed by atoms with E-state index in [-0.39, 0.29) is 11.8 Å². The van der Waals surface area contributed by atoms with Crippen LogP contribution in [0.2, 0.25) is 0 Å². The molecule has 2 N–H and O–H groups in total. The molecular formula is C22H21N3O3. The maximum absolute atomic E-state index is 13.2. The van der Waals surface area contributed by atoms with Crippen LogP contribution in [0.3, 0.4) is 0 Å². The van der Waals surface area contributed by atoms with Crippen LogP contribution in [-0.2, 0) is 17.6 Å². The van der Waals surface area contributed by atoms with Crippen LogP contribution in [0.15, 0.2) is 42.5 Å². The molecule has 28 heavy (non-hydrogen) atoms.